The number of benzene rings is 2. The molecular weight excluding hydrogens is 477 g/mol. The first-order chi connectivity index (χ1) is 17.5. The predicted octanol–water partition coefficient (Wildman–Crippen LogP) is 6.90. The van der Waals surface area contributed by atoms with Gasteiger partial charge in [-0.05, 0) is 56.2 Å². The van der Waals surface area contributed by atoms with Crippen LogP contribution in [0.4, 0.5) is 9.52 Å². The molecule has 0 atom stereocenters. The minimum absolute atomic E-state index is 0.0524. The summed E-state index contributed by atoms with van der Waals surface area (Å²) in [6.07, 6.45) is 8.70. The Hall–Kier alpha value is -3.52. The van der Waals surface area contributed by atoms with Crippen molar-refractivity contribution >= 4 is 38.7 Å². The third kappa shape index (κ3) is 4.30. The average molecular weight is 504 g/mol. The monoisotopic (exact) mass is 503 g/mol. The molecule has 184 valence electrons. The number of allylic oxidation sites excluding steroid dienone is 1. The maximum Gasteiger partial charge on any atom is 0.335 e. The van der Waals surface area contributed by atoms with E-state index in [1.54, 1.807) is 0 Å². The fourth-order valence-electron chi connectivity index (χ4n) is 4.89. The van der Waals surface area contributed by atoms with E-state index in [0.29, 0.717) is 16.5 Å². The van der Waals surface area contributed by atoms with Gasteiger partial charge < -0.3 is 14.5 Å². The third-order valence-corrected chi connectivity index (χ3v) is 8.20. The molecule has 1 N–H and O–H groups in total. The van der Waals surface area contributed by atoms with Crippen LogP contribution in [0.2, 0.25) is 0 Å². The van der Waals surface area contributed by atoms with Crippen LogP contribution in [-0.2, 0) is 0 Å². The number of carboxylic acids is 1. The lowest BCUT2D eigenvalue weighted by Gasteiger charge is -2.30. The molecule has 0 bridgehead atoms. The van der Waals surface area contributed by atoms with Crippen LogP contribution in [0.5, 0.6) is 0 Å². The minimum Gasteiger partial charge on any atom is -0.478 e. The van der Waals surface area contributed by atoms with Crippen LogP contribution in [0.1, 0.15) is 58.8 Å². The molecule has 6 nitrogen and oxygen atoms in total. The Morgan fingerprint density at radius 3 is 2.69 bits per heavy atom. The smallest absolute Gasteiger partial charge is 0.335 e. The van der Waals surface area contributed by atoms with Crippen molar-refractivity contribution in [2.24, 2.45) is 5.92 Å². The Labute approximate surface area is 212 Å². The maximum atomic E-state index is 14.4. The van der Waals surface area contributed by atoms with E-state index in [9.17, 15) is 14.3 Å². The van der Waals surface area contributed by atoms with Crippen LogP contribution in [-0.4, -0.2) is 34.3 Å². The van der Waals surface area contributed by atoms with E-state index in [1.165, 1.54) is 23.0 Å². The Bertz CT molecular complexity index is 1480. The number of aromatic carboxylic acids is 1. The van der Waals surface area contributed by atoms with Crippen LogP contribution < -0.4 is 4.90 Å². The van der Waals surface area contributed by atoms with E-state index in [4.69, 9.17) is 4.52 Å². The zero-order valence-electron chi connectivity index (χ0n) is 19.9. The van der Waals surface area contributed by atoms with Crippen molar-refractivity contribution in [1.29, 1.82) is 0 Å². The number of halogens is 1. The van der Waals surface area contributed by atoms with Crippen LogP contribution in [0.25, 0.3) is 27.6 Å². The molecule has 1 saturated carbocycles. The fraction of sp³-hybridized carbons (Fsp3) is 0.321. The average Bonchev–Trinajstić information content (AvgIpc) is 3.48. The standard InChI is InChI=1S/C28H26FN3O3S/c1-16-4-2-3-5-20(16)24-21(26(35-31-24)18-7-8-18)9-6-17-10-12-32(13-11-17)28-30-25-22(29)14-19(27(33)34)15-23(25)36-28/h2-6,9,14-15,17-18H,7-8,10-13H2,1H3,(H,33,34)/b9-6+. The molecule has 4 aromatic rings. The molecule has 2 fully saturated rings. The Balaban J connectivity index is 1.19. The molecule has 2 aromatic carbocycles. The highest BCUT2D eigenvalue weighted by Crippen LogP contribution is 2.45. The molecule has 2 aromatic heterocycles. The van der Waals surface area contributed by atoms with Gasteiger partial charge in [0.15, 0.2) is 10.9 Å². The molecule has 1 aliphatic heterocycles. The number of nitrogens with zero attached hydrogens (tertiary/aromatic N) is 3. The first-order valence-electron chi connectivity index (χ1n) is 12.3. The van der Waals surface area contributed by atoms with Crippen molar-refractivity contribution in [3.8, 4) is 11.3 Å². The summed E-state index contributed by atoms with van der Waals surface area (Å²) < 4.78 is 20.8. The Kier molecular flexibility index (Phi) is 5.84. The van der Waals surface area contributed by atoms with Gasteiger partial charge in [-0.1, -0.05) is 52.9 Å². The quantitative estimate of drug-likeness (QED) is 0.308. The highest BCUT2D eigenvalue weighted by molar-refractivity contribution is 7.22. The summed E-state index contributed by atoms with van der Waals surface area (Å²) in [5.41, 5.74) is 4.50. The summed E-state index contributed by atoms with van der Waals surface area (Å²) in [5, 5.41) is 14.4. The molecule has 1 saturated heterocycles. The molecule has 0 amide bonds. The molecule has 2 aliphatic rings. The van der Waals surface area contributed by atoms with Gasteiger partial charge in [0.1, 0.15) is 17.0 Å². The second-order valence-electron chi connectivity index (χ2n) is 9.69. The number of hydrogen-bond donors (Lipinski definition) is 1. The van der Waals surface area contributed by atoms with Crippen molar-refractivity contribution in [2.45, 2.75) is 38.5 Å². The van der Waals surface area contributed by atoms with E-state index in [0.717, 1.165) is 72.6 Å². The SMILES string of the molecule is Cc1ccccc1-c1noc(C2CC2)c1/C=C/C1CCN(c2nc3c(F)cc(C(=O)O)cc3s2)CC1. The van der Waals surface area contributed by atoms with E-state index in [2.05, 4.69) is 46.2 Å². The summed E-state index contributed by atoms with van der Waals surface area (Å²) in [5.74, 6) is 0.158. The highest BCUT2D eigenvalue weighted by atomic mass is 32.1. The fourth-order valence-corrected chi connectivity index (χ4v) is 5.97. The summed E-state index contributed by atoms with van der Waals surface area (Å²) in [4.78, 5) is 17.9. The number of hydrogen-bond acceptors (Lipinski definition) is 6. The van der Waals surface area contributed by atoms with Gasteiger partial charge in [0, 0.05) is 30.1 Å². The van der Waals surface area contributed by atoms with Gasteiger partial charge in [0.25, 0.3) is 0 Å². The zero-order chi connectivity index (χ0) is 24.8. The third-order valence-electron chi connectivity index (χ3n) is 7.13. The predicted molar refractivity (Wildman–Crippen MR) is 139 cm³/mol. The van der Waals surface area contributed by atoms with E-state index < -0.39 is 11.8 Å². The molecule has 36 heavy (non-hydrogen) atoms. The number of aromatic nitrogens is 2. The number of carbonyl (C=O) groups is 1. The highest BCUT2D eigenvalue weighted by Gasteiger charge is 2.32. The van der Waals surface area contributed by atoms with Gasteiger partial charge in [0.05, 0.1) is 10.3 Å². The first kappa shape index (κ1) is 22.9. The lowest BCUT2D eigenvalue weighted by atomic mass is 9.94. The van der Waals surface area contributed by atoms with E-state index in [1.807, 2.05) is 12.1 Å². The van der Waals surface area contributed by atoms with Gasteiger partial charge in [-0.2, -0.15) is 0 Å². The molecule has 1 aliphatic carbocycles. The summed E-state index contributed by atoms with van der Waals surface area (Å²) in [6, 6.07) is 10.8. The van der Waals surface area contributed by atoms with Crippen LogP contribution in [0, 0.1) is 18.7 Å². The number of fused-ring (bicyclic) bond motifs is 1. The summed E-state index contributed by atoms with van der Waals surface area (Å²) in [7, 11) is 0. The lowest BCUT2D eigenvalue weighted by molar-refractivity contribution is 0.0696. The summed E-state index contributed by atoms with van der Waals surface area (Å²) >= 11 is 1.35. The molecule has 0 spiro atoms. The Morgan fingerprint density at radius 2 is 1.97 bits per heavy atom. The molecular formula is C28H26FN3O3S. The molecule has 6 rings (SSSR count). The minimum atomic E-state index is -1.14. The number of rotatable bonds is 6. The zero-order valence-corrected chi connectivity index (χ0v) is 20.7. The van der Waals surface area contributed by atoms with Crippen molar-refractivity contribution in [3.05, 3.63) is 70.7 Å². The normalized spacial score (nSPS) is 16.9. The number of piperidine rings is 1. The van der Waals surface area contributed by atoms with Crippen LogP contribution in [0.15, 0.2) is 47.0 Å². The van der Waals surface area contributed by atoms with Crippen LogP contribution in [0.3, 0.4) is 0 Å². The molecule has 3 heterocycles. The lowest BCUT2D eigenvalue weighted by Crippen LogP contribution is -2.32. The number of carboxylic acid groups (broad SMARTS) is 1. The number of thiazole rings is 1. The van der Waals surface area contributed by atoms with Gasteiger partial charge in [-0.25, -0.2) is 14.2 Å². The van der Waals surface area contributed by atoms with Gasteiger partial charge >= 0.3 is 5.97 Å². The van der Waals surface area contributed by atoms with Gasteiger partial charge in [0.2, 0.25) is 0 Å². The number of aryl methyl sites for hydroxylation is 1. The van der Waals surface area contributed by atoms with Crippen molar-refractivity contribution in [1.82, 2.24) is 10.1 Å². The second-order valence-corrected chi connectivity index (χ2v) is 10.7. The maximum absolute atomic E-state index is 14.4. The first-order valence-corrected chi connectivity index (χ1v) is 13.1. The van der Waals surface area contributed by atoms with Gasteiger partial charge in [-0.15, -0.1) is 0 Å². The number of anilines is 1. The van der Waals surface area contributed by atoms with E-state index >= 15 is 0 Å². The van der Waals surface area contributed by atoms with Crippen LogP contribution >= 0.6 is 11.3 Å². The topological polar surface area (TPSA) is 79.5 Å². The molecule has 8 heteroatoms. The molecule has 0 radical (unpaired) electrons. The molecule has 0 unspecified atom stereocenters. The largest absolute Gasteiger partial charge is 0.478 e. The van der Waals surface area contributed by atoms with Gasteiger partial charge in [-0.3, -0.25) is 0 Å². The van der Waals surface area contributed by atoms with Crippen molar-refractivity contribution < 1.29 is 18.8 Å². The Morgan fingerprint density at radius 1 is 1.19 bits per heavy atom. The van der Waals surface area contributed by atoms with E-state index in [-0.39, 0.29) is 11.1 Å². The van der Waals surface area contributed by atoms with Crippen molar-refractivity contribution in [2.75, 3.05) is 18.0 Å². The summed E-state index contributed by atoms with van der Waals surface area (Å²) in [6.45, 7) is 3.72. The van der Waals surface area contributed by atoms with Crippen molar-refractivity contribution in [3.63, 3.8) is 0 Å². The second kappa shape index (κ2) is 9.17.